The van der Waals surface area contributed by atoms with Crippen molar-refractivity contribution in [1.29, 1.82) is 0 Å². The average Bonchev–Trinajstić information content (AvgIpc) is 3.12. The number of carboxylic acids is 1. The predicted molar refractivity (Wildman–Crippen MR) is 110 cm³/mol. The van der Waals surface area contributed by atoms with Crippen LogP contribution < -0.4 is 4.84 Å². The molecule has 0 saturated carbocycles. The van der Waals surface area contributed by atoms with Gasteiger partial charge in [0, 0.05) is 31.2 Å². The lowest BCUT2D eigenvalue weighted by Crippen LogP contribution is -2.43. The number of fused-ring (bicyclic) bond motifs is 1. The Morgan fingerprint density at radius 1 is 1.19 bits per heavy atom. The van der Waals surface area contributed by atoms with Gasteiger partial charge in [0.25, 0.3) is 0 Å². The maximum absolute atomic E-state index is 11.5. The maximum atomic E-state index is 11.5. The molecule has 9 heteroatoms. The fraction of sp³-hybridized carbons (Fsp3) is 0.318. The summed E-state index contributed by atoms with van der Waals surface area (Å²) in [5, 5.41) is 9.61. The number of aromatic nitrogens is 2. The Labute approximate surface area is 178 Å². The lowest BCUT2D eigenvalue weighted by Gasteiger charge is -2.32. The van der Waals surface area contributed by atoms with Crippen molar-refractivity contribution in [3.8, 4) is 0 Å². The van der Waals surface area contributed by atoms with Crippen LogP contribution in [0.5, 0.6) is 0 Å². The smallest absolute Gasteiger partial charge is 0.441 e. The first-order valence-electron chi connectivity index (χ1n) is 9.96. The third kappa shape index (κ3) is 5.26. The Morgan fingerprint density at radius 3 is 2.84 bits per heavy atom. The maximum Gasteiger partial charge on any atom is 0.441 e. The molecule has 9 nitrogen and oxygen atoms in total. The first-order valence-corrected chi connectivity index (χ1v) is 9.96. The fourth-order valence-electron chi connectivity index (χ4n) is 3.57. The van der Waals surface area contributed by atoms with E-state index in [1.807, 2.05) is 36.4 Å². The Bertz CT molecular complexity index is 1050. The number of hydrogen-bond donors (Lipinski definition) is 1. The van der Waals surface area contributed by atoms with Crippen LogP contribution in [0.4, 0.5) is 0 Å². The van der Waals surface area contributed by atoms with E-state index in [9.17, 15) is 9.59 Å². The topological polar surface area (TPSA) is 103 Å². The molecule has 1 fully saturated rings. The minimum atomic E-state index is -1.66. The van der Waals surface area contributed by atoms with Gasteiger partial charge in [0.1, 0.15) is 0 Å². The second-order valence-electron chi connectivity index (χ2n) is 7.27. The molecule has 1 aromatic carbocycles. The molecule has 1 aliphatic rings. The number of carbonyl (C=O) groups is 2. The molecular formula is C22H23N3O6. The van der Waals surface area contributed by atoms with Gasteiger partial charge in [-0.2, -0.15) is 4.73 Å². The summed E-state index contributed by atoms with van der Waals surface area (Å²) in [4.78, 5) is 33.7. The molecule has 3 heterocycles. The molecule has 0 aliphatic carbocycles. The molecule has 1 N–H and O–H groups in total. The van der Waals surface area contributed by atoms with E-state index in [0.29, 0.717) is 38.6 Å². The summed E-state index contributed by atoms with van der Waals surface area (Å²) in [6.45, 7) is 3.63. The second-order valence-corrected chi connectivity index (χ2v) is 7.27. The number of pyridine rings is 1. The lowest BCUT2D eigenvalue weighted by molar-refractivity contribution is -0.163. The van der Waals surface area contributed by atoms with E-state index in [2.05, 4.69) is 9.88 Å². The van der Waals surface area contributed by atoms with Gasteiger partial charge in [-0.05, 0) is 23.3 Å². The van der Waals surface area contributed by atoms with Crippen molar-refractivity contribution in [2.45, 2.75) is 19.3 Å². The zero-order chi connectivity index (χ0) is 21.6. The van der Waals surface area contributed by atoms with Crippen LogP contribution in [-0.4, -0.2) is 64.1 Å². The largest absolute Gasteiger partial charge is 0.473 e. The monoisotopic (exact) mass is 425 g/mol. The Balaban J connectivity index is 1.39. The minimum absolute atomic E-state index is 0.0474. The SMILES string of the molecule is O=C(O)C(=O)On1cc(CN2CCO[C@@H](COCc3ccccc3)C2)c2cccnc21. The number of hydrogen-bond acceptors (Lipinski definition) is 7. The van der Waals surface area contributed by atoms with Crippen LogP contribution in [0.2, 0.25) is 0 Å². The second kappa shape index (κ2) is 9.69. The molecule has 1 atom stereocenters. The van der Waals surface area contributed by atoms with Gasteiger partial charge < -0.3 is 19.4 Å². The third-order valence-corrected chi connectivity index (χ3v) is 5.00. The van der Waals surface area contributed by atoms with Crippen LogP contribution in [0, 0.1) is 0 Å². The molecule has 0 unspecified atom stereocenters. The molecule has 1 saturated heterocycles. The first-order chi connectivity index (χ1) is 15.1. The van der Waals surface area contributed by atoms with Crippen molar-refractivity contribution in [3.05, 3.63) is 66.0 Å². The summed E-state index contributed by atoms with van der Waals surface area (Å²) in [7, 11) is 0. The van der Waals surface area contributed by atoms with Crippen molar-refractivity contribution in [2.75, 3.05) is 26.3 Å². The lowest BCUT2D eigenvalue weighted by atomic mass is 10.2. The van der Waals surface area contributed by atoms with E-state index >= 15 is 0 Å². The summed E-state index contributed by atoms with van der Waals surface area (Å²) >= 11 is 0. The molecule has 0 radical (unpaired) electrons. The Morgan fingerprint density at radius 2 is 2.03 bits per heavy atom. The van der Waals surface area contributed by atoms with Crippen LogP contribution in [0.15, 0.2) is 54.9 Å². The van der Waals surface area contributed by atoms with Crippen molar-refractivity contribution in [2.24, 2.45) is 0 Å². The number of nitrogens with zero attached hydrogens (tertiary/aromatic N) is 3. The van der Waals surface area contributed by atoms with E-state index < -0.39 is 11.9 Å². The number of benzene rings is 1. The number of carbonyl (C=O) groups excluding carboxylic acids is 1. The van der Waals surface area contributed by atoms with E-state index in [4.69, 9.17) is 19.4 Å². The standard InChI is InChI=1S/C22H23N3O6/c26-21(27)22(28)31-25-12-17(19-7-4-8-23-20(19)25)11-24-9-10-30-18(13-24)15-29-14-16-5-2-1-3-6-16/h1-8,12,18H,9-11,13-15H2,(H,26,27)/t18-/m1/s1. The number of ether oxygens (including phenoxy) is 2. The van der Waals surface area contributed by atoms with Crippen molar-refractivity contribution in [1.82, 2.24) is 14.6 Å². The van der Waals surface area contributed by atoms with E-state index in [-0.39, 0.29) is 6.10 Å². The molecule has 0 amide bonds. The first kappa shape index (κ1) is 21.0. The van der Waals surface area contributed by atoms with Gasteiger partial charge in [-0.15, -0.1) is 0 Å². The highest BCUT2D eigenvalue weighted by Gasteiger charge is 2.23. The van der Waals surface area contributed by atoms with Gasteiger partial charge in [-0.25, -0.2) is 14.6 Å². The quantitative estimate of drug-likeness (QED) is 0.568. The number of morpholine rings is 1. The molecule has 0 spiro atoms. The van der Waals surface area contributed by atoms with Crippen LogP contribution in [-0.2, 0) is 32.2 Å². The highest BCUT2D eigenvalue weighted by molar-refractivity contribution is 6.28. The van der Waals surface area contributed by atoms with Gasteiger partial charge >= 0.3 is 11.9 Å². The molecule has 4 rings (SSSR count). The molecule has 31 heavy (non-hydrogen) atoms. The molecule has 3 aromatic rings. The zero-order valence-corrected chi connectivity index (χ0v) is 16.8. The number of carboxylic acid groups (broad SMARTS) is 1. The van der Waals surface area contributed by atoms with Gasteiger partial charge in [0.15, 0.2) is 5.65 Å². The van der Waals surface area contributed by atoms with E-state index in [1.165, 1.54) is 0 Å². The zero-order valence-electron chi connectivity index (χ0n) is 16.8. The van der Waals surface area contributed by atoms with E-state index in [0.717, 1.165) is 27.8 Å². The third-order valence-electron chi connectivity index (χ3n) is 5.00. The van der Waals surface area contributed by atoms with Crippen molar-refractivity contribution < 1.29 is 29.0 Å². The molecule has 0 bridgehead atoms. The van der Waals surface area contributed by atoms with Gasteiger partial charge in [-0.1, -0.05) is 30.3 Å². The van der Waals surface area contributed by atoms with Crippen molar-refractivity contribution >= 4 is 23.0 Å². The van der Waals surface area contributed by atoms with Gasteiger partial charge in [0.05, 0.1) is 32.1 Å². The number of aliphatic carboxylic acids is 1. The van der Waals surface area contributed by atoms with Crippen LogP contribution in [0.1, 0.15) is 11.1 Å². The van der Waals surface area contributed by atoms with Gasteiger partial charge in [0.2, 0.25) is 0 Å². The summed E-state index contributed by atoms with van der Waals surface area (Å²) in [5.74, 6) is -3.03. The minimum Gasteiger partial charge on any atom is -0.473 e. The van der Waals surface area contributed by atoms with Crippen LogP contribution in [0.25, 0.3) is 11.0 Å². The molecule has 162 valence electrons. The van der Waals surface area contributed by atoms with E-state index in [1.54, 1.807) is 18.5 Å². The Kier molecular flexibility index (Phi) is 6.56. The van der Waals surface area contributed by atoms with Crippen molar-refractivity contribution in [3.63, 3.8) is 0 Å². The molecule has 2 aromatic heterocycles. The molecular weight excluding hydrogens is 402 g/mol. The molecule has 1 aliphatic heterocycles. The van der Waals surface area contributed by atoms with Gasteiger partial charge in [-0.3, -0.25) is 4.90 Å². The summed E-state index contributed by atoms with van der Waals surface area (Å²) < 4.78 is 12.8. The highest BCUT2D eigenvalue weighted by Crippen LogP contribution is 2.21. The van der Waals surface area contributed by atoms with Crippen LogP contribution >= 0.6 is 0 Å². The normalized spacial score (nSPS) is 17.0. The predicted octanol–water partition coefficient (Wildman–Crippen LogP) is 1.49. The fourth-order valence-corrected chi connectivity index (χ4v) is 3.57. The average molecular weight is 425 g/mol. The van der Waals surface area contributed by atoms with Crippen LogP contribution in [0.3, 0.4) is 0 Å². The summed E-state index contributed by atoms with van der Waals surface area (Å²) in [5.41, 5.74) is 2.39. The summed E-state index contributed by atoms with van der Waals surface area (Å²) in [6.07, 6.45) is 3.12. The summed E-state index contributed by atoms with van der Waals surface area (Å²) in [6, 6.07) is 13.6. The number of rotatable bonds is 7. The Hall–Kier alpha value is -3.27. The highest BCUT2D eigenvalue weighted by atomic mass is 16.7.